The van der Waals surface area contributed by atoms with E-state index in [4.69, 9.17) is 0 Å². The van der Waals surface area contributed by atoms with Crippen LogP contribution in [0.5, 0.6) is 0 Å². The van der Waals surface area contributed by atoms with Gasteiger partial charge in [0.15, 0.2) is 5.69 Å². The van der Waals surface area contributed by atoms with E-state index in [1.165, 1.54) is 7.11 Å². The van der Waals surface area contributed by atoms with Crippen LogP contribution in [-0.2, 0) is 11.3 Å². The molecule has 2 heterocycles. The van der Waals surface area contributed by atoms with Gasteiger partial charge in [0, 0.05) is 26.0 Å². The monoisotopic (exact) mass is 257 g/mol. The number of rotatable bonds is 4. The first-order chi connectivity index (χ1) is 9.20. The van der Waals surface area contributed by atoms with E-state index < -0.39 is 5.97 Å². The number of aromatic nitrogens is 2. The smallest absolute Gasteiger partial charge is 0.356 e. The molecule has 5 nitrogen and oxygen atoms in total. The molecule has 0 fully saturated rings. The maximum atomic E-state index is 11.4. The molecule has 0 bridgehead atoms. The van der Waals surface area contributed by atoms with Crippen molar-refractivity contribution in [3.8, 4) is 0 Å². The lowest BCUT2D eigenvalue weighted by Crippen LogP contribution is -2.18. The van der Waals surface area contributed by atoms with Crippen LogP contribution in [0.15, 0.2) is 42.7 Å². The van der Waals surface area contributed by atoms with Gasteiger partial charge in [-0.25, -0.2) is 9.78 Å². The molecule has 0 N–H and O–H groups in total. The van der Waals surface area contributed by atoms with Crippen molar-refractivity contribution in [3.05, 3.63) is 54.0 Å². The van der Waals surface area contributed by atoms with Crippen LogP contribution in [0, 0.1) is 0 Å². The van der Waals surface area contributed by atoms with Crippen LogP contribution in [-0.4, -0.2) is 30.1 Å². The Kier molecular flexibility index (Phi) is 4.07. The fourth-order valence-corrected chi connectivity index (χ4v) is 1.70. The Morgan fingerprint density at radius 3 is 2.68 bits per heavy atom. The Labute approximate surface area is 111 Å². The van der Waals surface area contributed by atoms with Crippen molar-refractivity contribution >= 4 is 11.8 Å². The Bertz CT molecular complexity index is 558. The molecule has 98 valence electrons. The Balaban J connectivity index is 2.15. The number of carbonyl (C=O) groups excluding carboxylic acids is 1. The molecule has 0 radical (unpaired) electrons. The van der Waals surface area contributed by atoms with E-state index in [0.717, 1.165) is 11.4 Å². The van der Waals surface area contributed by atoms with Crippen molar-refractivity contribution in [2.24, 2.45) is 0 Å². The molecule has 2 aromatic heterocycles. The molecule has 0 amide bonds. The molecule has 0 saturated heterocycles. The predicted octanol–water partition coefficient (Wildman–Crippen LogP) is 1.90. The van der Waals surface area contributed by atoms with Crippen LogP contribution in [0.25, 0.3) is 0 Å². The molecular weight excluding hydrogens is 242 g/mol. The maximum absolute atomic E-state index is 11.4. The molecule has 0 saturated carbocycles. The highest BCUT2D eigenvalue weighted by Crippen LogP contribution is 2.13. The number of hydrogen-bond acceptors (Lipinski definition) is 5. The molecule has 2 rings (SSSR count). The van der Waals surface area contributed by atoms with Gasteiger partial charge < -0.3 is 9.64 Å². The van der Waals surface area contributed by atoms with E-state index in [9.17, 15) is 4.79 Å². The normalized spacial score (nSPS) is 10.0. The molecule has 0 aliphatic heterocycles. The van der Waals surface area contributed by atoms with Crippen molar-refractivity contribution in [2.75, 3.05) is 19.1 Å². The number of methoxy groups -OCH3 is 1. The Morgan fingerprint density at radius 2 is 2.00 bits per heavy atom. The predicted molar refractivity (Wildman–Crippen MR) is 71.9 cm³/mol. The standard InChI is InChI=1S/C14H15N3O2/c1-17(10-11-6-8-15-9-7-11)13-5-3-4-12(16-13)14(18)19-2/h3-9H,10H2,1-2H3. The number of anilines is 1. The highest BCUT2D eigenvalue weighted by molar-refractivity contribution is 5.87. The minimum absolute atomic E-state index is 0.307. The van der Waals surface area contributed by atoms with Crippen molar-refractivity contribution in [1.29, 1.82) is 0 Å². The van der Waals surface area contributed by atoms with Crippen molar-refractivity contribution in [2.45, 2.75) is 6.54 Å². The third kappa shape index (κ3) is 3.28. The third-order valence-electron chi connectivity index (χ3n) is 2.69. The summed E-state index contributed by atoms with van der Waals surface area (Å²) in [6.07, 6.45) is 3.50. The summed E-state index contributed by atoms with van der Waals surface area (Å²) in [5.74, 6) is 0.291. The van der Waals surface area contributed by atoms with Crippen molar-refractivity contribution < 1.29 is 9.53 Å². The molecule has 0 aliphatic rings. The second-order valence-electron chi connectivity index (χ2n) is 4.08. The lowest BCUT2D eigenvalue weighted by Gasteiger charge is -2.18. The van der Waals surface area contributed by atoms with Gasteiger partial charge in [-0.2, -0.15) is 0 Å². The molecule has 2 aromatic rings. The molecule has 0 unspecified atom stereocenters. The van der Waals surface area contributed by atoms with Gasteiger partial charge in [0.25, 0.3) is 0 Å². The highest BCUT2D eigenvalue weighted by Gasteiger charge is 2.10. The number of hydrogen-bond donors (Lipinski definition) is 0. The zero-order chi connectivity index (χ0) is 13.7. The van der Waals surface area contributed by atoms with Crippen LogP contribution in [0.2, 0.25) is 0 Å². The number of nitrogens with zero attached hydrogens (tertiary/aromatic N) is 3. The van der Waals surface area contributed by atoms with E-state index in [1.807, 2.05) is 30.1 Å². The number of ether oxygens (including phenoxy) is 1. The summed E-state index contributed by atoms with van der Waals surface area (Å²) in [6, 6.07) is 9.17. The van der Waals surface area contributed by atoms with Crippen LogP contribution in [0.3, 0.4) is 0 Å². The van der Waals surface area contributed by atoms with Gasteiger partial charge >= 0.3 is 5.97 Å². The lowest BCUT2D eigenvalue weighted by molar-refractivity contribution is 0.0594. The van der Waals surface area contributed by atoms with Gasteiger partial charge in [-0.3, -0.25) is 4.98 Å². The zero-order valence-corrected chi connectivity index (χ0v) is 10.9. The minimum atomic E-state index is -0.431. The number of carbonyl (C=O) groups is 1. The molecule has 0 aromatic carbocycles. The molecule has 0 atom stereocenters. The SMILES string of the molecule is COC(=O)c1cccc(N(C)Cc2ccncc2)n1. The van der Waals surface area contributed by atoms with E-state index in [1.54, 1.807) is 24.5 Å². The molecule has 0 spiro atoms. The van der Waals surface area contributed by atoms with Gasteiger partial charge in [-0.15, -0.1) is 0 Å². The molecule has 5 heteroatoms. The summed E-state index contributed by atoms with van der Waals surface area (Å²) in [6.45, 7) is 0.695. The highest BCUT2D eigenvalue weighted by atomic mass is 16.5. The van der Waals surface area contributed by atoms with Gasteiger partial charge in [-0.1, -0.05) is 6.07 Å². The molecule has 19 heavy (non-hydrogen) atoms. The topological polar surface area (TPSA) is 55.3 Å². The zero-order valence-electron chi connectivity index (χ0n) is 10.9. The van der Waals surface area contributed by atoms with Gasteiger partial charge in [-0.05, 0) is 29.8 Å². The number of esters is 1. The average molecular weight is 257 g/mol. The van der Waals surface area contributed by atoms with Gasteiger partial charge in [0.2, 0.25) is 0 Å². The van der Waals surface area contributed by atoms with Gasteiger partial charge in [0.05, 0.1) is 7.11 Å². The van der Waals surface area contributed by atoms with Crippen molar-refractivity contribution in [1.82, 2.24) is 9.97 Å². The van der Waals surface area contributed by atoms with E-state index >= 15 is 0 Å². The Morgan fingerprint density at radius 1 is 1.26 bits per heavy atom. The van der Waals surface area contributed by atoms with Crippen molar-refractivity contribution in [3.63, 3.8) is 0 Å². The van der Waals surface area contributed by atoms with Crippen LogP contribution >= 0.6 is 0 Å². The number of pyridine rings is 2. The third-order valence-corrected chi connectivity index (χ3v) is 2.69. The van der Waals surface area contributed by atoms with Gasteiger partial charge in [0.1, 0.15) is 5.82 Å². The largest absolute Gasteiger partial charge is 0.464 e. The second-order valence-corrected chi connectivity index (χ2v) is 4.08. The summed E-state index contributed by atoms with van der Waals surface area (Å²) in [5, 5.41) is 0. The quantitative estimate of drug-likeness (QED) is 0.783. The van der Waals surface area contributed by atoms with Crippen LogP contribution in [0.4, 0.5) is 5.82 Å². The van der Waals surface area contributed by atoms with Crippen LogP contribution in [0.1, 0.15) is 16.1 Å². The van der Waals surface area contributed by atoms with E-state index in [0.29, 0.717) is 12.2 Å². The second kappa shape index (κ2) is 5.95. The first-order valence-corrected chi connectivity index (χ1v) is 5.86. The van der Waals surface area contributed by atoms with E-state index in [2.05, 4.69) is 14.7 Å². The lowest BCUT2D eigenvalue weighted by atomic mass is 10.2. The summed E-state index contributed by atoms with van der Waals surface area (Å²) in [7, 11) is 3.27. The fraction of sp³-hybridized carbons (Fsp3) is 0.214. The Hall–Kier alpha value is -2.43. The van der Waals surface area contributed by atoms with E-state index in [-0.39, 0.29) is 0 Å². The molecule has 0 aliphatic carbocycles. The summed E-state index contributed by atoms with van der Waals surface area (Å²) >= 11 is 0. The molecular formula is C14H15N3O2. The first-order valence-electron chi connectivity index (χ1n) is 5.86. The average Bonchev–Trinajstić information content (AvgIpc) is 2.47. The van der Waals surface area contributed by atoms with Crippen LogP contribution < -0.4 is 4.90 Å². The maximum Gasteiger partial charge on any atom is 0.356 e. The first kappa shape index (κ1) is 13.0. The summed E-state index contributed by atoms with van der Waals surface area (Å²) < 4.78 is 4.66. The summed E-state index contributed by atoms with van der Waals surface area (Å²) in [4.78, 5) is 21.6. The summed E-state index contributed by atoms with van der Waals surface area (Å²) in [5.41, 5.74) is 1.43. The minimum Gasteiger partial charge on any atom is -0.464 e. The fourth-order valence-electron chi connectivity index (χ4n) is 1.70.